The van der Waals surface area contributed by atoms with Crippen molar-refractivity contribution in [2.45, 2.75) is 26.8 Å². The zero-order chi connectivity index (χ0) is 14.9. The van der Waals surface area contributed by atoms with Gasteiger partial charge in [-0.2, -0.15) is 0 Å². The SMILES string of the molecule is CC(=O)c1cc(Cl)cc(CN2CCC(=O)C(C)C2)c1O. The van der Waals surface area contributed by atoms with E-state index in [1.807, 2.05) is 6.92 Å². The van der Waals surface area contributed by atoms with E-state index in [0.717, 1.165) is 0 Å². The van der Waals surface area contributed by atoms with E-state index < -0.39 is 0 Å². The van der Waals surface area contributed by atoms with E-state index in [0.29, 0.717) is 36.6 Å². The van der Waals surface area contributed by atoms with E-state index in [1.165, 1.54) is 13.0 Å². The highest BCUT2D eigenvalue weighted by atomic mass is 35.5. The maximum absolute atomic E-state index is 11.5. The van der Waals surface area contributed by atoms with Crippen molar-refractivity contribution in [3.8, 4) is 5.75 Å². The molecule has 0 spiro atoms. The van der Waals surface area contributed by atoms with Gasteiger partial charge in [0.25, 0.3) is 0 Å². The van der Waals surface area contributed by atoms with Gasteiger partial charge in [0.05, 0.1) is 5.56 Å². The number of benzene rings is 1. The van der Waals surface area contributed by atoms with Crippen molar-refractivity contribution >= 4 is 23.2 Å². The molecule has 0 radical (unpaired) electrons. The molecule has 1 saturated heterocycles. The van der Waals surface area contributed by atoms with Gasteiger partial charge in [0.2, 0.25) is 0 Å². The third-order valence-electron chi connectivity index (χ3n) is 3.68. The zero-order valence-corrected chi connectivity index (χ0v) is 12.4. The quantitative estimate of drug-likeness (QED) is 0.871. The molecular formula is C15H18ClNO3. The molecule has 5 heteroatoms. The molecule has 1 aromatic carbocycles. The molecule has 0 aromatic heterocycles. The number of carbonyl (C=O) groups is 2. The van der Waals surface area contributed by atoms with Crippen LogP contribution >= 0.6 is 11.6 Å². The number of likely N-dealkylation sites (tertiary alicyclic amines) is 1. The monoisotopic (exact) mass is 295 g/mol. The van der Waals surface area contributed by atoms with Crippen molar-refractivity contribution in [1.29, 1.82) is 0 Å². The molecule has 0 saturated carbocycles. The van der Waals surface area contributed by atoms with E-state index in [-0.39, 0.29) is 28.8 Å². The lowest BCUT2D eigenvalue weighted by Gasteiger charge is -2.30. The third kappa shape index (κ3) is 3.19. The Kier molecular flexibility index (Phi) is 4.45. The number of hydrogen-bond acceptors (Lipinski definition) is 4. The molecule has 1 atom stereocenters. The first kappa shape index (κ1) is 15.0. The predicted octanol–water partition coefficient (Wildman–Crippen LogP) is 2.66. The number of phenols is 1. The van der Waals surface area contributed by atoms with Gasteiger partial charge >= 0.3 is 0 Å². The number of halogens is 1. The molecular weight excluding hydrogens is 278 g/mol. The summed E-state index contributed by atoms with van der Waals surface area (Å²) in [6.45, 7) is 5.14. The van der Waals surface area contributed by atoms with Crippen molar-refractivity contribution in [3.05, 3.63) is 28.3 Å². The Bertz CT molecular complexity index is 556. The number of nitrogens with zero attached hydrogens (tertiary/aromatic N) is 1. The predicted molar refractivity (Wildman–Crippen MR) is 77.2 cm³/mol. The standard InChI is InChI=1S/C15H18ClNO3/c1-9-7-17(4-3-14(9)19)8-11-5-12(16)6-13(10(2)18)15(11)20/h5-6,9,20H,3-4,7-8H2,1-2H3. The summed E-state index contributed by atoms with van der Waals surface area (Å²) in [6, 6.07) is 3.15. The van der Waals surface area contributed by atoms with E-state index in [9.17, 15) is 14.7 Å². The molecule has 1 aromatic rings. The minimum Gasteiger partial charge on any atom is -0.507 e. The Morgan fingerprint density at radius 2 is 2.20 bits per heavy atom. The summed E-state index contributed by atoms with van der Waals surface area (Å²) < 4.78 is 0. The van der Waals surface area contributed by atoms with Crippen molar-refractivity contribution in [2.24, 2.45) is 5.92 Å². The summed E-state index contributed by atoms with van der Waals surface area (Å²) in [5, 5.41) is 10.6. The van der Waals surface area contributed by atoms with E-state index >= 15 is 0 Å². The maximum atomic E-state index is 11.5. The Morgan fingerprint density at radius 1 is 1.50 bits per heavy atom. The third-order valence-corrected chi connectivity index (χ3v) is 3.90. The molecule has 4 nitrogen and oxygen atoms in total. The fourth-order valence-electron chi connectivity index (χ4n) is 2.52. The van der Waals surface area contributed by atoms with Crippen molar-refractivity contribution in [2.75, 3.05) is 13.1 Å². The summed E-state index contributed by atoms with van der Waals surface area (Å²) in [7, 11) is 0. The van der Waals surface area contributed by atoms with Crippen molar-refractivity contribution in [1.82, 2.24) is 4.90 Å². The van der Waals surface area contributed by atoms with Crippen LogP contribution in [0.25, 0.3) is 0 Å². The normalized spacial score (nSPS) is 20.1. The Labute approximate surface area is 123 Å². The van der Waals surface area contributed by atoms with Gasteiger partial charge in [-0.3, -0.25) is 14.5 Å². The average Bonchev–Trinajstić information content (AvgIpc) is 2.37. The first-order valence-corrected chi connectivity index (χ1v) is 7.03. The van der Waals surface area contributed by atoms with Crippen LogP contribution in [0.3, 0.4) is 0 Å². The highest BCUT2D eigenvalue weighted by Gasteiger charge is 2.24. The summed E-state index contributed by atoms with van der Waals surface area (Å²) in [5.41, 5.74) is 0.873. The van der Waals surface area contributed by atoms with Gasteiger partial charge in [-0.1, -0.05) is 18.5 Å². The molecule has 2 rings (SSSR count). The topological polar surface area (TPSA) is 57.6 Å². The molecule has 1 fully saturated rings. The minimum absolute atomic E-state index is 0.00791. The second-order valence-corrected chi connectivity index (χ2v) is 5.81. The molecule has 1 unspecified atom stereocenters. The van der Waals surface area contributed by atoms with Crippen LogP contribution < -0.4 is 0 Å². The number of aromatic hydroxyl groups is 1. The summed E-state index contributed by atoms with van der Waals surface area (Å²) >= 11 is 6.00. The number of carbonyl (C=O) groups excluding carboxylic acids is 2. The first-order valence-electron chi connectivity index (χ1n) is 6.66. The molecule has 1 aliphatic rings. The number of Topliss-reactive ketones (excluding diaryl/α,β-unsaturated/α-hetero) is 2. The van der Waals surface area contributed by atoms with Crippen LogP contribution in [0.4, 0.5) is 0 Å². The van der Waals surface area contributed by atoms with Gasteiger partial charge in [0.15, 0.2) is 5.78 Å². The Hall–Kier alpha value is -1.39. The van der Waals surface area contributed by atoms with Gasteiger partial charge in [0.1, 0.15) is 11.5 Å². The molecule has 0 aliphatic carbocycles. The van der Waals surface area contributed by atoms with Crippen molar-refractivity contribution < 1.29 is 14.7 Å². The highest BCUT2D eigenvalue weighted by molar-refractivity contribution is 6.31. The van der Waals surface area contributed by atoms with Crippen LogP contribution in [-0.2, 0) is 11.3 Å². The second kappa shape index (κ2) is 5.94. The lowest BCUT2D eigenvalue weighted by Crippen LogP contribution is -2.39. The lowest BCUT2D eigenvalue weighted by molar-refractivity contribution is -0.125. The number of piperidine rings is 1. The fraction of sp³-hybridized carbons (Fsp3) is 0.467. The first-order chi connectivity index (χ1) is 9.38. The van der Waals surface area contributed by atoms with Crippen LogP contribution in [0.2, 0.25) is 5.02 Å². The van der Waals surface area contributed by atoms with Gasteiger partial charge in [-0.05, 0) is 19.1 Å². The molecule has 0 amide bonds. The lowest BCUT2D eigenvalue weighted by atomic mass is 9.97. The molecule has 20 heavy (non-hydrogen) atoms. The Balaban J connectivity index is 2.21. The largest absolute Gasteiger partial charge is 0.507 e. The zero-order valence-electron chi connectivity index (χ0n) is 11.6. The van der Waals surface area contributed by atoms with Crippen LogP contribution in [0.1, 0.15) is 36.2 Å². The van der Waals surface area contributed by atoms with Gasteiger partial charge < -0.3 is 5.11 Å². The second-order valence-electron chi connectivity index (χ2n) is 5.37. The smallest absolute Gasteiger partial charge is 0.163 e. The van der Waals surface area contributed by atoms with E-state index in [4.69, 9.17) is 11.6 Å². The number of ketones is 2. The molecule has 0 bridgehead atoms. The summed E-state index contributed by atoms with van der Waals surface area (Å²) in [5.74, 6) is 0.0678. The summed E-state index contributed by atoms with van der Waals surface area (Å²) in [4.78, 5) is 25.1. The highest BCUT2D eigenvalue weighted by Crippen LogP contribution is 2.29. The van der Waals surface area contributed by atoms with Crippen LogP contribution in [-0.4, -0.2) is 34.7 Å². The van der Waals surface area contributed by atoms with Gasteiger partial charge in [0, 0.05) is 42.6 Å². The van der Waals surface area contributed by atoms with Crippen LogP contribution in [0, 0.1) is 5.92 Å². The number of phenolic OH excluding ortho intramolecular Hbond substituents is 1. The van der Waals surface area contributed by atoms with Crippen molar-refractivity contribution in [3.63, 3.8) is 0 Å². The maximum Gasteiger partial charge on any atom is 0.163 e. The van der Waals surface area contributed by atoms with Gasteiger partial charge in [-0.25, -0.2) is 0 Å². The molecule has 1 heterocycles. The molecule has 1 N–H and O–H groups in total. The van der Waals surface area contributed by atoms with Gasteiger partial charge in [-0.15, -0.1) is 0 Å². The number of hydrogen-bond donors (Lipinski definition) is 1. The minimum atomic E-state index is -0.214. The molecule has 1 aliphatic heterocycles. The van der Waals surface area contributed by atoms with Crippen LogP contribution in [0.5, 0.6) is 5.75 Å². The summed E-state index contributed by atoms with van der Waals surface area (Å²) in [6.07, 6.45) is 0.530. The average molecular weight is 296 g/mol. The van der Waals surface area contributed by atoms with E-state index in [2.05, 4.69) is 4.90 Å². The fourth-order valence-corrected chi connectivity index (χ4v) is 2.77. The number of rotatable bonds is 3. The molecule has 108 valence electrons. The Morgan fingerprint density at radius 3 is 2.80 bits per heavy atom. The van der Waals surface area contributed by atoms with Crippen LogP contribution in [0.15, 0.2) is 12.1 Å². The van der Waals surface area contributed by atoms with E-state index in [1.54, 1.807) is 6.07 Å².